The fourth-order valence-electron chi connectivity index (χ4n) is 10.3. The van der Waals surface area contributed by atoms with Gasteiger partial charge in [-0.1, -0.05) is 161 Å². The Bertz CT molecular complexity index is 2810. The van der Waals surface area contributed by atoms with Crippen molar-refractivity contribution in [1.29, 1.82) is 0 Å². The average molecular weight is 893 g/mol. The summed E-state index contributed by atoms with van der Waals surface area (Å²) in [7, 11) is 4.31. The Morgan fingerprint density at radius 2 is 1.55 bits per heavy atom. The molecule has 5 aromatic rings. The quantitative estimate of drug-likeness (QED) is 0.109. The second kappa shape index (κ2) is 18.0. The summed E-state index contributed by atoms with van der Waals surface area (Å²) >= 11 is 3.88. The van der Waals surface area contributed by atoms with E-state index in [0.717, 1.165) is 12.8 Å². The SMILES string of the molecule is CC1=C(/C=C(\C(C)=C\C2C=CC(Sc3ccccc3C)=C2)N(c2ccc(N(C)C)cc2-c2ccccc2)c2c(C)sc3c2C=C(C(C)(C)CCC(C)(C)C)CC3)c2ccccc2C2CC12. The first-order chi connectivity index (χ1) is 31.1. The molecule has 0 radical (unpaired) electrons. The molecule has 3 unspecified atom stereocenters. The minimum absolute atomic E-state index is 0.101. The Morgan fingerprint density at radius 1 is 0.815 bits per heavy atom. The number of benzene rings is 4. The van der Waals surface area contributed by atoms with E-state index in [1.54, 1.807) is 5.57 Å². The topological polar surface area (TPSA) is 6.48 Å². The fraction of sp³-hybridized carbons (Fsp3) is 0.344. The van der Waals surface area contributed by atoms with Gasteiger partial charge < -0.3 is 9.80 Å². The van der Waals surface area contributed by atoms with E-state index in [1.807, 2.05) is 23.1 Å². The Kier molecular flexibility index (Phi) is 12.5. The lowest BCUT2D eigenvalue weighted by atomic mass is 9.72. The molecule has 0 amide bonds. The van der Waals surface area contributed by atoms with Gasteiger partial charge >= 0.3 is 0 Å². The Hall–Kier alpha value is -5.03. The number of aryl methyl sites for hydroxylation is 3. The number of hydrogen-bond acceptors (Lipinski definition) is 4. The molecule has 4 heteroatoms. The predicted molar refractivity (Wildman–Crippen MR) is 286 cm³/mol. The van der Waals surface area contributed by atoms with E-state index < -0.39 is 0 Å². The van der Waals surface area contributed by atoms with Gasteiger partial charge in [-0.05, 0) is 146 Å². The highest BCUT2D eigenvalue weighted by Gasteiger charge is 2.45. The number of thiophene rings is 1. The van der Waals surface area contributed by atoms with Crippen LogP contribution in [0.25, 0.3) is 22.8 Å². The third-order valence-corrected chi connectivity index (χ3v) is 16.8. The summed E-state index contributed by atoms with van der Waals surface area (Å²) in [6, 6.07) is 36.2. The maximum absolute atomic E-state index is 2.70. The van der Waals surface area contributed by atoms with Gasteiger partial charge in [0.25, 0.3) is 0 Å². The Balaban J connectivity index is 1.29. The van der Waals surface area contributed by atoms with Crippen molar-refractivity contribution in [3.8, 4) is 11.1 Å². The predicted octanol–water partition coefficient (Wildman–Crippen LogP) is 17.7. The first kappa shape index (κ1) is 45.1. The van der Waals surface area contributed by atoms with Crippen molar-refractivity contribution >= 4 is 51.8 Å². The van der Waals surface area contributed by atoms with Gasteiger partial charge in [-0.2, -0.15) is 0 Å². The molecule has 4 aliphatic carbocycles. The Morgan fingerprint density at radius 3 is 2.31 bits per heavy atom. The van der Waals surface area contributed by atoms with Crippen molar-refractivity contribution in [3.05, 3.63) is 187 Å². The van der Waals surface area contributed by atoms with Crippen molar-refractivity contribution in [2.75, 3.05) is 23.9 Å². The molecule has 65 heavy (non-hydrogen) atoms. The third kappa shape index (κ3) is 9.36. The second-order valence-corrected chi connectivity index (χ2v) is 23.6. The molecule has 0 N–H and O–H groups in total. The normalized spacial score (nSPS) is 19.4. The molecular weight excluding hydrogens is 825 g/mol. The zero-order valence-corrected chi connectivity index (χ0v) is 42.3. The summed E-state index contributed by atoms with van der Waals surface area (Å²) in [5.41, 5.74) is 19.2. The van der Waals surface area contributed by atoms with Crippen LogP contribution in [0, 0.1) is 36.5 Å². The molecule has 0 spiro atoms. The number of anilines is 3. The standard InChI is InChI=1S/C61H68N2S2/c1-39-19-15-18-24-57(39)65-47-28-25-43(34-47)33-40(2)56(38-51-41(3)50-37-53(50)49-23-17-16-22-48(49)51)63(55-29-27-46(62(10)11)36-52(55)44-20-13-12-14-21-44)59-42(4)64-58-30-26-45(35-54(58)59)61(8,9)32-31-60(5,6)7/h12-25,27-29,33-36,38,43,50,53H,26,30-32,37H2,1-11H3/b40-33+,56-38+. The molecule has 4 aromatic carbocycles. The van der Waals surface area contributed by atoms with E-state index >= 15 is 0 Å². The summed E-state index contributed by atoms with van der Waals surface area (Å²) in [5.74, 6) is 1.41. The van der Waals surface area contributed by atoms with E-state index in [9.17, 15) is 0 Å². The molecule has 1 fully saturated rings. The molecule has 1 saturated carbocycles. The summed E-state index contributed by atoms with van der Waals surface area (Å²) < 4.78 is 0. The van der Waals surface area contributed by atoms with E-state index in [-0.39, 0.29) is 11.3 Å². The number of fused-ring (bicyclic) bond motifs is 4. The van der Waals surface area contributed by atoms with Crippen molar-refractivity contribution in [2.24, 2.45) is 22.7 Å². The summed E-state index contributed by atoms with van der Waals surface area (Å²) in [6.07, 6.45) is 20.7. The fourth-order valence-corrected chi connectivity index (χ4v) is 12.5. The number of rotatable bonds is 13. The van der Waals surface area contributed by atoms with Gasteiger partial charge in [0.05, 0.1) is 11.4 Å². The van der Waals surface area contributed by atoms with Gasteiger partial charge in [0.15, 0.2) is 0 Å². The number of thioether (sulfide) groups is 1. The lowest BCUT2D eigenvalue weighted by molar-refractivity contribution is 0.285. The van der Waals surface area contributed by atoms with Crippen molar-refractivity contribution in [2.45, 2.75) is 105 Å². The minimum Gasteiger partial charge on any atom is -0.378 e. The Labute approximate surface area is 399 Å². The van der Waals surface area contributed by atoms with E-state index in [4.69, 9.17) is 0 Å². The first-order valence-corrected chi connectivity index (χ1v) is 25.5. The molecule has 0 bridgehead atoms. The highest BCUT2D eigenvalue weighted by Crippen LogP contribution is 2.59. The smallest absolute Gasteiger partial charge is 0.0673 e. The first-order valence-electron chi connectivity index (χ1n) is 23.9. The zero-order valence-electron chi connectivity index (χ0n) is 40.7. The molecule has 3 atom stereocenters. The highest BCUT2D eigenvalue weighted by atomic mass is 32.2. The molecule has 2 nitrogen and oxygen atoms in total. The second-order valence-electron chi connectivity index (χ2n) is 21.1. The monoisotopic (exact) mass is 892 g/mol. The van der Waals surface area contributed by atoms with Gasteiger partial charge in [0.1, 0.15) is 0 Å². The molecule has 1 aromatic heterocycles. The molecule has 1 heterocycles. The van der Waals surface area contributed by atoms with Crippen LogP contribution in [-0.2, 0) is 6.42 Å². The van der Waals surface area contributed by atoms with Crippen molar-refractivity contribution in [1.82, 2.24) is 0 Å². The lowest BCUT2D eigenvalue weighted by Gasteiger charge is -2.35. The van der Waals surface area contributed by atoms with Crippen LogP contribution in [0.3, 0.4) is 0 Å². The van der Waals surface area contributed by atoms with Crippen LogP contribution in [0.5, 0.6) is 0 Å². The van der Waals surface area contributed by atoms with Gasteiger partial charge in [-0.15, -0.1) is 11.3 Å². The lowest BCUT2D eigenvalue weighted by Crippen LogP contribution is -2.22. The molecule has 0 aliphatic heterocycles. The van der Waals surface area contributed by atoms with Crippen LogP contribution < -0.4 is 9.80 Å². The van der Waals surface area contributed by atoms with Crippen LogP contribution in [0.4, 0.5) is 17.1 Å². The summed E-state index contributed by atoms with van der Waals surface area (Å²) in [6.45, 7) is 21.5. The van der Waals surface area contributed by atoms with E-state index in [1.165, 1.54) is 112 Å². The van der Waals surface area contributed by atoms with Gasteiger partial charge in [-0.3, -0.25) is 0 Å². The molecule has 0 saturated heterocycles. The summed E-state index contributed by atoms with van der Waals surface area (Å²) in [5, 5.41) is 0. The van der Waals surface area contributed by atoms with Crippen LogP contribution in [-0.4, -0.2) is 14.1 Å². The van der Waals surface area contributed by atoms with Gasteiger partial charge in [0.2, 0.25) is 0 Å². The molecule has 334 valence electrons. The van der Waals surface area contributed by atoms with Crippen LogP contribution >= 0.6 is 23.1 Å². The minimum atomic E-state index is 0.101. The maximum Gasteiger partial charge on any atom is 0.0673 e. The van der Waals surface area contributed by atoms with E-state index in [2.05, 4.69) is 220 Å². The van der Waals surface area contributed by atoms with E-state index in [0.29, 0.717) is 17.3 Å². The molecule has 9 rings (SSSR count). The maximum atomic E-state index is 2.70. The number of allylic oxidation sites excluding steroid dienone is 9. The summed E-state index contributed by atoms with van der Waals surface area (Å²) in [4.78, 5) is 10.4. The zero-order chi connectivity index (χ0) is 45.8. The van der Waals surface area contributed by atoms with Crippen LogP contribution in [0.15, 0.2) is 160 Å². The van der Waals surface area contributed by atoms with Gasteiger partial charge in [0, 0.05) is 62.1 Å². The highest BCUT2D eigenvalue weighted by molar-refractivity contribution is 8.03. The van der Waals surface area contributed by atoms with Crippen LogP contribution in [0.1, 0.15) is 112 Å². The number of nitrogens with zero attached hydrogens (tertiary/aromatic N) is 2. The molecular formula is C61H68N2S2. The average Bonchev–Trinajstić information content (AvgIpc) is 3.88. The molecule has 4 aliphatic rings. The largest absolute Gasteiger partial charge is 0.378 e. The van der Waals surface area contributed by atoms with Gasteiger partial charge in [-0.25, -0.2) is 0 Å². The van der Waals surface area contributed by atoms with Crippen molar-refractivity contribution < 1.29 is 0 Å². The third-order valence-electron chi connectivity index (χ3n) is 14.5. The van der Waals surface area contributed by atoms with Crippen molar-refractivity contribution in [3.63, 3.8) is 0 Å². The van der Waals surface area contributed by atoms with Crippen LogP contribution in [0.2, 0.25) is 0 Å². The number of hydrogen-bond donors (Lipinski definition) is 0.